The van der Waals surface area contributed by atoms with E-state index in [1.165, 1.54) is 17.4 Å². The highest BCUT2D eigenvalue weighted by molar-refractivity contribution is 7.71. The van der Waals surface area contributed by atoms with Gasteiger partial charge in [0.2, 0.25) is 0 Å². The molecular weight excluding hydrogens is 410 g/mol. The van der Waals surface area contributed by atoms with Crippen LogP contribution >= 0.6 is 23.6 Å². The third kappa shape index (κ3) is 3.93. The van der Waals surface area contributed by atoms with Gasteiger partial charge in [-0.1, -0.05) is 24.3 Å². The van der Waals surface area contributed by atoms with E-state index in [-0.39, 0.29) is 5.56 Å². The van der Waals surface area contributed by atoms with Crippen molar-refractivity contribution in [3.05, 3.63) is 80.6 Å². The predicted molar refractivity (Wildman–Crippen MR) is 113 cm³/mol. The molecule has 0 bridgehead atoms. The lowest BCUT2D eigenvalue weighted by Gasteiger charge is -2.03. The largest absolute Gasteiger partial charge is 0.422 e. The minimum absolute atomic E-state index is 0.0766. The molecule has 4 aromatic rings. The monoisotopic (exact) mass is 425 g/mol. The number of aromatic amines is 1. The quantitative estimate of drug-likeness (QED) is 0.278. The number of aromatic nitrogens is 4. The summed E-state index contributed by atoms with van der Waals surface area (Å²) in [6.07, 6.45) is 2.17. The second-order valence-corrected chi connectivity index (χ2v) is 7.35. The molecule has 29 heavy (non-hydrogen) atoms. The van der Waals surface area contributed by atoms with Gasteiger partial charge in [-0.25, -0.2) is 9.78 Å². The van der Waals surface area contributed by atoms with Crippen molar-refractivity contribution in [2.75, 3.05) is 5.32 Å². The van der Waals surface area contributed by atoms with Crippen molar-refractivity contribution in [3.8, 4) is 0 Å². The Morgan fingerprint density at radius 2 is 2.24 bits per heavy atom. The molecule has 8 nitrogen and oxygen atoms in total. The summed E-state index contributed by atoms with van der Waals surface area (Å²) in [6, 6.07) is 8.52. The van der Waals surface area contributed by atoms with E-state index in [9.17, 15) is 9.59 Å². The number of benzene rings is 1. The number of rotatable bonds is 6. The minimum atomic E-state index is -0.696. The fraction of sp³-hybridized carbons (Fsp3) is 0.105. The van der Waals surface area contributed by atoms with Crippen LogP contribution < -0.4 is 10.9 Å². The Balaban J connectivity index is 1.53. The Kier molecular flexibility index (Phi) is 5.19. The van der Waals surface area contributed by atoms with E-state index in [1.807, 2.05) is 9.95 Å². The van der Waals surface area contributed by atoms with Gasteiger partial charge in [0.1, 0.15) is 17.0 Å². The summed E-state index contributed by atoms with van der Waals surface area (Å²) in [5.74, 6) is 0.146. The topological polar surface area (TPSA) is 106 Å². The number of fused-ring (bicyclic) bond motifs is 1. The molecule has 0 saturated heterocycles. The van der Waals surface area contributed by atoms with Crippen molar-refractivity contribution in [3.63, 3.8) is 0 Å². The summed E-state index contributed by atoms with van der Waals surface area (Å²) in [5.41, 5.74) is 0.374. The van der Waals surface area contributed by atoms with Crippen LogP contribution in [0.15, 0.2) is 57.6 Å². The third-order valence-electron chi connectivity index (χ3n) is 4.15. The molecule has 146 valence electrons. The third-order valence-corrected chi connectivity index (χ3v) is 5.26. The van der Waals surface area contributed by atoms with Crippen LogP contribution in [0.2, 0.25) is 0 Å². The average Bonchev–Trinajstić information content (AvgIpc) is 3.29. The highest BCUT2D eigenvalue weighted by Crippen LogP contribution is 2.19. The van der Waals surface area contributed by atoms with Crippen LogP contribution in [0.3, 0.4) is 0 Å². The number of carbonyl (C=O) groups excluding carboxylic acids is 1. The Labute approximate surface area is 173 Å². The van der Waals surface area contributed by atoms with Crippen molar-refractivity contribution in [2.24, 2.45) is 0 Å². The first-order chi connectivity index (χ1) is 14.0. The Hall–Kier alpha value is -3.37. The molecule has 4 rings (SSSR count). The first-order valence-electron chi connectivity index (χ1n) is 8.59. The van der Waals surface area contributed by atoms with Crippen molar-refractivity contribution in [2.45, 2.75) is 13.0 Å². The van der Waals surface area contributed by atoms with Gasteiger partial charge in [0.05, 0.1) is 12.1 Å². The predicted octanol–water partition coefficient (Wildman–Crippen LogP) is 3.53. The number of nitrogens with one attached hydrogen (secondary N) is 2. The molecular formula is C19H15N5O3S2. The maximum absolute atomic E-state index is 12.5. The van der Waals surface area contributed by atoms with Crippen molar-refractivity contribution in [1.29, 1.82) is 0 Å². The molecule has 2 N–H and O–H groups in total. The zero-order valence-corrected chi connectivity index (χ0v) is 16.7. The van der Waals surface area contributed by atoms with E-state index < -0.39 is 11.5 Å². The first-order valence-corrected chi connectivity index (χ1v) is 9.87. The van der Waals surface area contributed by atoms with E-state index in [0.717, 1.165) is 5.69 Å². The highest BCUT2D eigenvalue weighted by Gasteiger charge is 2.16. The molecule has 0 saturated carbocycles. The van der Waals surface area contributed by atoms with Gasteiger partial charge < -0.3 is 4.42 Å². The molecule has 0 aliphatic carbocycles. The highest BCUT2D eigenvalue weighted by atomic mass is 32.1. The van der Waals surface area contributed by atoms with Crippen LogP contribution in [0, 0.1) is 4.77 Å². The molecule has 1 aromatic carbocycles. The van der Waals surface area contributed by atoms with Crippen LogP contribution in [0.4, 0.5) is 5.13 Å². The summed E-state index contributed by atoms with van der Waals surface area (Å²) in [4.78, 5) is 29.1. The van der Waals surface area contributed by atoms with E-state index in [0.29, 0.717) is 39.7 Å². The van der Waals surface area contributed by atoms with Gasteiger partial charge >= 0.3 is 5.63 Å². The number of hydrogen-bond acceptors (Lipinski definition) is 7. The number of carbonyl (C=O) groups is 1. The van der Waals surface area contributed by atoms with Gasteiger partial charge in [-0.2, -0.15) is 5.10 Å². The SMILES string of the molecule is C=CCn1c(Cc2csc(NC(=O)c3cc4ccccc4oc3=O)n2)n[nH]c1=S. The minimum Gasteiger partial charge on any atom is -0.422 e. The number of amides is 1. The summed E-state index contributed by atoms with van der Waals surface area (Å²) < 4.78 is 7.53. The molecule has 3 heterocycles. The summed E-state index contributed by atoms with van der Waals surface area (Å²) in [7, 11) is 0. The zero-order chi connectivity index (χ0) is 20.4. The van der Waals surface area contributed by atoms with Crippen molar-refractivity contribution >= 4 is 45.6 Å². The van der Waals surface area contributed by atoms with Gasteiger partial charge in [-0.15, -0.1) is 17.9 Å². The Bertz CT molecular complexity index is 1330. The van der Waals surface area contributed by atoms with Gasteiger partial charge in [0, 0.05) is 17.3 Å². The second-order valence-electron chi connectivity index (χ2n) is 6.10. The molecule has 0 fully saturated rings. The fourth-order valence-corrected chi connectivity index (χ4v) is 3.73. The maximum atomic E-state index is 12.5. The average molecular weight is 425 g/mol. The standard InChI is InChI=1S/C19H15N5O3S2/c1-2-7-24-15(22-23-19(24)28)9-12-10-29-18(20-12)21-16(25)13-8-11-5-3-4-6-14(11)27-17(13)26/h2-6,8,10H,1,7,9H2,(H,23,28)(H,20,21,25). The fourth-order valence-electron chi connectivity index (χ4n) is 2.79. The van der Waals surface area contributed by atoms with Crippen LogP contribution in [0.1, 0.15) is 21.9 Å². The lowest BCUT2D eigenvalue weighted by Crippen LogP contribution is -2.20. The van der Waals surface area contributed by atoms with Crippen LogP contribution in [0.5, 0.6) is 0 Å². The van der Waals surface area contributed by atoms with Gasteiger partial charge in [0.15, 0.2) is 9.90 Å². The number of allylic oxidation sites excluding steroid dienone is 1. The lowest BCUT2D eigenvalue weighted by atomic mass is 10.2. The first kappa shape index (κ1) is 19.0. The van der Waals surface area contributed by atoms with Gasteiger partial charge in [-0.3, -0.25) is 19.8 Å². The summed E-state index contributed by atoms with van der Waals surface area (Å²) in [6.45, 7) is 4.25. The molecule has 0 aliphatic rings. The molecule has 0 radical (unpaired) electrons. The van der Waals surface area contributed by atoms with Gasteiger partial charge in [-0.05, 0) is 24.4 Å². The smallest absolute Gasteiger partial charge is 0.349 e. The molecule has 3 aromatic heterocycles. The van der Waals surface area contributed by atoms with E-state index in [1.54, 1.807) is 30.3 Å². The number of thiazole rings is 1. The Morgan fingerprint density at radius 1 is 1.41 bits per heavy atom. The number of hydrogen-bond donors (Lipinski definition) is 2. The zero-order valence-electron chi connectivity index (χ0n) is 15.0. The number of H-pyrrole nitrogens is 1. The summed E-state index contributed by atoms with van der Waals surface area (Å²) in [5, 5.41) is 12.5. The van der Waals surface area contributed by atoms with Crippen LogP contribution in [-0.2, 0) is 13.0 Å². The lowest BCUT2D eigenvalue weighted by molar-refractivity contribution is 0.102. The summed E-state index contributed by atoms with van der Waals surface area (Å²) >= 11 is 6.46. The van der Waals surface area contributed by atoms with Crippen molar-refractivity contribution < 1.29 is 9.21 Å². The van der Waals surface area contributed by atoms with E-state index >= 15 is 0 Å². The molecule has 0 aliphatic heterocycles. The normalized spacial score (nSPS) is 10.9. The van der Waals surface area contributed by atoms with Crippen molar-refractivity contribution in [1.82, 2.24) is 19.7 Å². The Morgan fingerprint density at radius 3 is 3.07 bits per heavy atom. The molecule has 0 spiro atoms. The number of para-hydroxylation sites is 1. The molecule has 0 atom stereocenters. The van der Waals surface area contributed by atoms with E-state index in [4.69, 9.17) is 16.6 Å². The second kappa shape index (κ2) is 7.94. The maximum Gasteiger partial charge on any atom is 0.349 e. The van der Waals surface area contributed by atoms with E-state index in [2.05, 4.69) is 27.1 Å². The van der Waals surface area contributed by atoms with Crippen LogP contribution in [0.25, 0.3) is 11.0 Å². The molecule has 0 unspecified atom stereocenters. The molecule has 10 heteroatoms. The number of nitrogens with zero attached hydrogens (tertiary/aromatic N) is 3. The number of anilines is 1. The van der Waals surface area contributed by atoms with Gasteiger partial charge in [0.25, 0.3) is 5.91 Å². The molecule has 1 amide bonds. The van der Waals surface area contributed by atoms with Crippen LogP contribution in [-0.4, -0.2) is 25.7 Å².